The fourth-order valence-electron chi connectivity index (χ4n) is 1.51. The van der Waals surface area contributed by atoms with Gasteiger partial charge in [-0.25, -0.2) is 4.79 Å². The van der Waals surface area contributed by atoms with Crippen LogP contribution in [0.15, 0.2) is 24.3 Å². The van der Waals surface area contributed by atoms with Crippen LogP contribution in [0, 0.1) is 0 Å². The number of carboxylic acids is 1. The minimum Gasteiger partial charge on any atom is -0.548 e. The summed E-state index contributed by atoms with van der Waals surface area (Å²) in [6.45, 7) is 0. The van der Waals surface area contributed by atoms with Crippen LogP contribution in [0.25, 0.3) is 0 Å². The van der Waals surface area contributed by atoms with Crippen molar-refractivity contribution in [3.05, 3.63) is 24.3 Å². The van der Waals surface area contributed by atoms with Crippen LogP contribution in [0.1, 0.15) is 6.42 Å². The van der Waals surface area contributed by atoms with Crippen molar-refractivity contribution >= 4 is 29.4 Å². The summed E-state index contributed by atoms with van der Waals surface area (Å²) in [5.41, 5.74) is 0.517. The van der Waals surface area contributed by atoms with Crippen molar-refractivity contribution in [3.8, 4) is 5.75 Å². The van der Waals surface area contributed by atoms with Gasteiger partial charge >= 0.3 is 6.03 Å². The molecule has 0 bridgehead atoms. The lowest BCUT2D eigenvalue weighted by atomic mass is 10.2. The predicted octanol–water partition coefficient (Wildman–Crippen LogP) is 0.688. The lowest BCUT2D eigenvalue weighted by molar-refractivity contribution is -0.308. The maximum Gasteiger partial charge on any atom is 0.319 e. The quantitative estimate of drug-likeness (QED) is 0.772. The Bertz CT molecular complexity index is 467. The molecule has 2 amide bonds. The highest BCUT2D eigenvalue weighted by molar-refractivity contribution is 7.98. The smallest absolute Gasteiger partial charge is 0.319 e. The van der Waals surface area contributed by atoms with E-state index in [9.17, 15) is 14.7 Å². The summed E-state index contributed by atoms with van der Waals surface area (Å²) in [6, 6.07) is 5.18. The number of carboxylic acid groups (broad SMARTS) is 1. The number of thioether (sulfide) groups is 1. The lowest BCUT2D eigenvalue weighted by Gasteiger charge is -2.19. The molecule has 0 aliphatic rings. The Morgan fingerprint density at radius 2 is 2.20 bits per heavy atom. The zero-order valence-electron chi connectivity index (χ0n) is 11.3. The second-order valence-corrected chi connectivity index (χ2v) is 4.97. The van der Waals surface area contributed by atoms with Gasteiger partial charge in [-0.15, -0.1) is 0 Å². The van der Waals surface area contributed by atoms with Gasteiger partial charge < -0.3 is 25.3 Å². The highest BCUT2D eigenvalue weighted by Gasteiger charge is 2.13. The number of carbonyl (C=O) groups excluding carboxylic acids is 2. The van der Waals surface area contributed by atoms with Gasteiger partial charge in [0.25, 0.3) is 0 Å². The number of benzene rings is 1. The van der Waals surface area contributed by atoms with E-state index in [4.69, 9.17) is 4.74 Å². The molecule has 0 saturated carbocycles. The minimum absolute atomic E-state index is 0.315. The molecule has 1 aromatic rings. The second kappa shape index (κ2) is 8.31. The number of carbonyl (C=O) groups is 2. The molecule has 0 saturated heterocycles. The molecule has 6 nitrogen and oxygen atoms in total. The number of methoxy groups -OCH3 is 1. The van der Waals surface area contributed by atoms with Gasteiger partial charge in [-0.2, -0.15) is 11.8 Å². The van der Waals surface area contributed by atoms with Crippen molar-refractivity contribution in [1.29, 1.82) is 0 Å². The number of ether oxygens (including phenoxy) is 1. The molecule has 0 radical (unpaired) electrons. The molecule has 0 fully saturated rings. The fraction of sp³-hybridized carbons (Fsp3) is 0.385. The zero-order chi connectivity index (χ0) is 15.0. The predicted molar refractivity (Wildman–Crippen MR) is 76.9 cm³/mol. The molecular weight excluding hydrogens is 280 g/mol. The first-order valence-electron chi connectivity index (χ1n) is 5.98. The van der Waals surface area contributed by atoms with Crippen molar-refractivity contribution in [2.45, 2.75) is 12.5 Å². The van der Waals surface area contributed by atoms with Crippen LogP contribution in [0.2, 0.25) is 0 Å². The van der Waals surface area contributed by atoms with Crippen LogP contribution in [0.4, 0.5) is 10.5 Å². The molecule has 0 heterocycles. The van der Waals surface area contributed by atoms with E-state index in [1.807, 2.05) is 6.26 Å². The third-order valence-electron chi connectivity index (χ3n) is 2.53. The first kappa shape index (κ1) is 16.2. The summed E-state index contributed by atoms with van der Waals surface area (Å²) < 4.78 is 5.03. The van der Waals surface area contributed by atoms with Crippen LogP contribution in [-0.4, -0.2) is 37.2 Å². The summed E-state index contributed by atoms with van der Waals surface area (Å²) in [6.07, 6.45) is 2.18. The van der Waals surface area contributed by atoms with E-state index in [0.29, 0.717) is 23.6 Å². The maximum absolute atomic E-state index is 11.7. The van der Waals surface area contributed by atoms with Crippen molar-refractivity contribution in [2.24, 2.45) is 0 Å². The summed E-state index contributed by atoms with van der Waals surface area (Å²) in [7, 11) is 1.52. The Morgan fingerprint density at radius 3 is 2.80 bits per heavy atom. The van der Waals surface area contributed by atoms with Gasteiger partial charge in [0, 0.05) is 11.8 Å². The first-order chi connectivity index (χ1) is 9.56. The molecule has 1 atom stereocenters. The molecule has 1 rings (SSSR count). The number of urea groups is 1. The molecule has 0 aromatic heterocycles. The summed E-state index contributed by atoms with van der Waals surface area (Å²) in [4.78, 5) is 22.6. The van der Waals surface area contributed by atoms with Crippen LogP contribution in [0.5, 0.6) is 5.75 Å². The van der Waals surface area contributed by atoms with Gasteiger partial charge in [0.05, 0.1) is 19.1 Å². The fourth-order valence-corrected chi connectivity index (χ4v) is 1.98. The number of aliphatic carboxylic acids is 1. The third-order valence-corrected chi connectivity index (χ3v) is 3.17. The maximum atomic E-state index is 11.7. The molecule has 7 heteroatoms. The summed E-state index contributed by atoms with van der Waals surface area (Å²) in [5, 5.41) is 15.8. The van der Waals surface area contributed by atoms with Gasteiger partial charge in [0.2, 0.25) is 0 Å². The number of nitrogens with one attached hydrogen (secondary N) is 2. The Labute approximate surface area is 121 Å². The van der Waals surface area contributed by atoms with E-state index in [0.717, 1.165) is 0 Å². The van der Waals surface area contributed by atoms with E-state index < -0.39 is 18.0 Å². The average Bonchev–Trinajstić information content (AvgIpc) is 2.43. The highest BCUT2D eigenvalue weighted by atomic mass is 32.2. The largest absolute Gasteiger partial charge is 0.548 e. The van der Waals surface area contributed by atoms with E-state index in [1.165, 1.54) is 18.9 Å². The Morgan fingerprint density at radius 1 is 1.45 bits per heavy atom. The highest BCUT2D eigenvalue weighted by Crippen LogP contribution is 2.16. The van der Waals surface area contributed by atoms with E-state index in [-0.39, 0.29) is 0 Å². The number of hydrogen-bond donors (Lipinski definition) is 2. The molecule has 0 aliphatic heterocycles. The van der Waals surface area contributed by atoms with Crippen LogP contribution >= 0.6 is 11.8 Å². The van der Waals surface area contributed by atoms with Gasteiger partial charge in [0.15, 0.2) is 0 Å². The minimum atomic E-state index is -1.29. The van der Waals surface area contributed by atoms with Gasteiger partial charge in [0.1, 0.15) is 5.75 Å². The van der Waals surface area contributed by atoms with Crippen LogP contribution in [0.3, 0.4) is 0 Å². The summed E-state index contributed by atoms with van der Waals surface area (Å²) >= 11 is 1.50. The Balaban J connectivity index is 2.58. The molecule has 0 unspecified atom stereocenters. The molecule has 110 valence electrons. The second-order valence-electron chi connectivity index (χ2n) is 3.98. The molecular formula is C13H17N2O4S-. The number of anilines is 1. The number of hydrogen-bond acceptors (Lipinski definition) is 5. The lowest BCUT2D eigenvalue weighted by Crippen LogP contribution is -2.49. The van der Waals surface area contributed by atoms with Crippen molar-refractivity contribution in [1.82, 2.24) is 5.32 Å². The molecule has 0 aliphatic carbocycles. The number of amides is 2. The normalized spacial score (nSPS) is 11.5. The van der Waals surface area contributed by atoms with E-state index in [1.54, 1.807) is 24.3 Å². The average molecular weight is 297 g/mol. The van der Waals surface area contributed by atoms with E-state index >= 15 is 0 Å². The summed E-state index contributed by atoms with van der Waals surface area (Å²) in [5.74, 6) is -0.0700. The Kier molecular flexibility index (Phi) is 6.72. The standard InChI is InChI=1S/C13H18N2O4S/c1-19-10-5-3-4-9(8-10)14-13(18)15-11(12(16)17)6-7-20-2/h3-5,8,11H,6-7H2,1-2H3,(H,16,17)(H2,14,15,18)/p-1/t11-/m0/s1. The first-order valence-corrected chi connectivity index (χ1v) is 7.37. The zero-order valence-corrected chi connectivity index (χ0v) is 12.2. The molecule has 20 heavy (non-hydrogen) atoms. The Hall–Kier alpha value is -1.89. The number of rotatable bonds is 7. The SMILES string of the molecule is COc1cccc(NC(=O)N[C@@H](CCSC)C(=O)[O-])c1. The third kappa shape index (κ3) is 5.40. The van der Waals surface area contributed by atoms with E-state index in [2.05, 4.69) is 10.6 Å². The molecule has 1 aromatic carbocycles. The molecule has 0 spiro atoms. The van der Waals surface area contributed by atoms with Crippen LogP contribution < -0.4 is 20.5 Å². The van der Waals surface area contributed by atoms with Crippen LogP contribution in [-0.2, 0) is 4.79 Å². The van der Waals surface area contributed by atoms with Crippen molar-refractivity contribution < 1.29 is 19.4 Å². The van der Waals surface area contributed by atoms with Crippen molar-refractivity contribution in [2.75, 3.05) is 24.4 Å². The van der Waals surface area contributed by atoms with Gasteiger partial charge in [-0.1, -0.05) is 6.07 Å². The van der Waals surface area contributed by atoms with Gasteiger partial charge in [-0.05, 0) is 30.6 Å². The topological polar surface area (TPSA) is 90.5 Å². The molecule has 2 N–H and O–H groups in total. The monoisotopic (exact) mass is 297 g/mol. The van der Waals surface area contributed by atoms with Crippen molar-refractivity contribution in [3.63, 3.8) is 0 Å². The van der Waals surface area contributed by atoms with Gasteiger partial charge in [-0.3, -0.25) is 0 Å².